The van der Waals surface area contributed by atoms with Crippen LogP contribution in [0.25, 0.3) is 10.9 Å². The maximum Gasteiger partial charge on any atom is 0.273 e. The first-order valence-electron chi connectivity index (χ1n) is 14.7. The minimum Gasteiger partial charge on any atom is -0.493 e. The number of amides is 1. The molecule has 1 saturated heterocycles. The maximum absolute atomic E-state index is 15.4. The lowest BCUT2D eigenvalue weighted by Gasteiger charge is -2.46. The van der Waals surface area contributed by atoms with Gasteiger partial charge >= 0.3 is 0 Å². The van der Waals surface area contributed by atoms with E-state index >= 15 is 4.79 Å². The van der Waals surface area contributed by atoms with Crippen LogP contribution in [0.2, 0.25) is 5.02 Å². The molecule has 13 heteroatoms. The third kappa shape index (κ3) is 5.05. The molecule has 2 aromatic heterocycles. The molecule has 2 aliphatic rings. The first-order chi connectivity index (χ1) is 22.3. The van der Waals surface area contributed by atoms with Crippen LogP contribution in [0.15, 0.2) is 102 Å². The van der Waals surface area contributed by atoms with Gasteiger partial charge in [-0.25, -0.2) is 12.7 Å². The molecule has 1 amide bonds. The van der Waals surface area contributed by atoms with Gasteiger partial charge in [-0.3, -0.25) is 19.7 Å². The number of ether oxygens (including phenoxy) is 2. The van der Waals surface area contributed by atoms with Gasteiger partial charge < -0.3 is 14.4 Å². The number of fused-ring (bicyclic) bond motifs is 2. The third-order valence-electron chi connectivity index (χ3n) is 8.75. The summed E-state index contributed by atoms with van der Waals surface area (Å²) in [6.45, 7) is 1.98. The Morgan fingerprint density at radius 3 is 2.28 bits per heavy atom. The van der Waals surface area contributed by atoms with Crippen LogP contribution in [0.1, 0.15) is 11.1 Å². The van der Waals surface area contributed by atoms with Crippen LogP contribution in [0.3, 0.4) is 0 Å². The number of sulfonamides is 1. The van der Waals surface area contributed by atoms with Crippen LogP contribution in [0, 0.1) is 0 Å². The Morgan fingerprint density at radius 2 is 1.55 bits per heavy atom. The van der Waals surface area contributed by atoms with Crippen molar-refractivity contribution in [2.24, 2.45) is 0 Å². The topological polar surface area (TPSA) is 105 Å². The van der Waals surface area contributed by atoms with Crippen LogP contribution in [-0.4, -0.2) is 69.6 Å². The summed E-state index contributed by atoms with van der Waals surface area (Å²) >= 11 is 6.64. The summed E-state index contributed by atoms with van der Waals surface area (Å²) in [7, 11) is -1.46. The zero-order chi connectivity index (χ0) is 32.1. The van der Waals surface area contributed by atoms with Crippen molar-refractivity contribution in [2.75, 3.05) is 49.6 Å². The van der Waals surface area contributed by atoms with E-state index in [1.54, 1.807) is 73.1 Å². The van der Waals surface area contributed by atoms with Gasteiger partial charge in [-0.15, -0.1) is 12.4 Å². The number of para-hydroxylation sites is 2. The van der Waals surface area contributed by atoms with Crippen LogP contribution in [-0.2, 0) is 20.4 Å². The van der Waals surface area contributed by atoms with E-state index in [-0.39, 0.29) is 28.5 Å². The minimum atomic E-state index is -4.49. The van der Waals surface area contributed by atoms with Crippen molar-refractivity contribution in [3.8, 4) is 11.5 Å². The number of hydrogen-bond donors (Lipinski definition) is 0. The minimum absolute atomic E-state index is 0. The quantitative estimate of drug-likeness (QED) is 0.218. The van der Waals surface area contributed by atoms with Crippen LogP contribution in [0.4, 0.5) is 11.4 Å². The van der Waals surface area contributed by atoms with Gasteiger partial charge in [0.1, 0.15) is 4.90 Å². The zero-order valence-corrected chi connectivity index (χ0v) is 27.9. The zero-order valence-electron chi connectivity index (χ0n) is 25.5. The van der Waals surface area contributed by atoms with Gasteiger partial charge in [0.2, 0.25) is 0 Å². The summed E-state index contributed by atoms with van der Waals surface area (Å²) < 4.78 is 42.0. The highest BCUT2D eigenvalue weighted by Gasteiger charge is 2.61. The summed E-state index contributed by atoms with van der Waals surface area (Å²) in [5.41, 5.74) is 0.755. The Hall–Kier alpha value is -4.42. The van der Waals surface area contributed by atoms with E-state index in [4.69, 9.17) is 21.1 Å². The number of nitrogens with zero attached hydrogens (tertiary/aromatic N) is 5. The normalized spacial score (nSPS) is 18.1. The Kier molecular flexibility index (Phi) is 8.75. The van der Waals surface area contributed by atoms with Crippen molar-refractivity contribution >= 4 is 62.2 Å². The van der Waals surface area contributed by atoms with Crippen molar-refractivity contribution in [1.29, 1.82) is 0 Å². The molecular weight excluding hydrogens is 661 g/mol. The second kappa shape index (κ2) is 12.6. The first kappa shape index (κ1) is 32.5. The number of piperazine rings is 1. The fourth-order valence-electron chi connectivity index (χ4n) is 6.73. The van der Waals surface area contributed by atoms with Gasteiger partial charge in [0.05, 0.1) is 25.4 Å². The van der Waals surface area contributed by atoms with Gasteiger partial charge in [0, 0.05) is 72.0 Å². The summed E-state index contributed by atoms with van der Waals surface area (Å²) in [5.74, 6) is 0.0688. The van der Waals surface area contributed by atoms with E-state index < -0.39 is 21.5 Å². The fourth-order valence-corrected chi connectivity index (χ4v) is 8.53. The highest BCUT2D eigenvalue weighted by Crippen LogP contribution is 2.54. The number of anilines is 2. The maximum atomic E-state index is 15.4. The molecule has 0 radical (unpaired) electrons. The Morgan fingerprint density at radius 1 is 0.830 bits per heavy atom. The molecular formula is C34H31Cl2N5O5S. The summed E-state index contributed by atoms with van der Waals surface area (Å²) in [6.07, 6.45) is 5.02. The molecule has 47 heavy (non-hydrogen) atoms. The van der Waals surface area contributed by atoms with Crippen LogP contribution >= 0.6 is 24.0 Å². The lowest BCUT2D eigenvalue weighted by Crippen LogP contribution is -2.60. The lowest BCUT2D eigenvalue weighted by atomic mass is 9.80. The van der Waals surface area contributed by atoms with E-state index in [2.05, 4.69) is 14.9 Å². The van der Waals surface area contributed by atoms with Crippen molar-refractivity contribution in [3.63, 3.8) is 0 Å². The number of carbonyl (C=O) groups excluding carboxylic acids is 1. The molecule has 0 spiro atoms. The van der Waals surface area contributed by atoms with E-state index in [0.29, 0.717) is 59.2 Å². The van der Waals surface area contributed by atoms with Crippen molar-refractivity contribution < 1.29 is 22.7 Å². The molecule has 0 bridgehead atoms. The van der Waals surface area contributed by atoms with E-state index in [0.717, 1.165) is 9.99 Å². The third-order valence-corrected chi connectivity index (χ3v) is 10.7. The highest BCUT2D eigenvalue weighted by atomic mass is 35.5. The van der Waals surface area contributed by atoms with Crippen molar-refractivity contribution in [3.05, 3.63) is 114 Å². The average Bonchev–Trinajstić information content (AvgIpc) is 3.36. The molecule has 10 nitrogen and oxygen atoms in total. The largest absolute Gasteiger partial charge is 0.493 e. The van der Waals surface area contributed by atoms with Crippen LogP contribution in [0.5, 0.6) is 11.5 Å². The molecule has 7 rings (SSSR count). The molecule has 0 aliphatic carbocycles. The Bertz CT molecular complexity index is 2070. The van der Waals surface area contributed by atoms with E-state index in [9.17, 15) is 8.42 Å². The standard InChI is InChI=1S/C34H30ClN5O5S.ClH/c1-44-29-9-4-8-26(32(29)45-2)34(39-20-18-38(19-21-39)25-13-16-36-17-14-25)27-22-24(35)11-12-28(27)40(33(34)41)46(42,43)30-10-3-6-23-7-5-15-37-31(23)30;/h3-17,22H,18-21H2,1-2H3;1H. The number of carbonyl (C=O) groups is 1. The van der Waals surface area contributed by atoms with Gasteiger partial charge in [-0.1, -0.05) is 41.9 Å². The number of aromatic nitrogens is 2. The fraction of sp³-hybridized carbons (Fsp3) is 0.206. The first-order valence-corrected chi connectivity index (χ1v) is 16.5. The van der Waals surface area contributed by atoms with Gasteiger partial charge in [0.25, 0.3) is 15.9 Å². The number of halogens is 2. The Balaban J connectivity index is 0.00000386. The molecule has 1 atom stereocenters. The van der Waals surface area contributed by atoms with Gasteiger partial charge in [0.15, 0.2) is 17.0 Å². The second-order valence-corrected chi connectivity index (χ2v) is 13.2. The molecule has 5 aromatic rings. The molecule has 1 unspecified atom stereocenters. The smallest absolute Gasteiger partial charge is 0.273 e. The lowest BCUT2D eigenvalue weighted by molar-refractivity contribution is -0.127. The number of pyridine rings is 2. The number of rotatable bonds is 7. The second-order valence-electron chi connectivity index (χ2n) is 11.0. The van der Waals surface area contributed by atoms with E-state index in [1.165, 1.54) is 26.5 Å². The molecule has 0 saturated carbocycles. The van der Waals surface area contributed by atoms with Crippen molar-refractivity contribution in [2.45, 2.75) is 10.4 Å². The molecule has 4 heterocycles. The molecule has 0 N–H and O–H groups in total. The summed E-state index contributed by atoms with van der Waals surface area (Å²) in [4.78, 5) is 28.1. The molecule has 1 fully saturated rings. The van der Waals surface area contributed by atoms with Gasteiger partial charge in [-0.2, -0.15) is 0 Å². The Labute approximate surface area is 284 Å². The highest BCUT2D eigenvalue weighted by molar-refractivity contribution is 7.93. The van der Waals surface area contributed by atoms with Crippen molar-refractivity contribution in [1.82, 2.24) is 14.9 Å². The number of methoxy groups -OCH3 is 2. The molecule has 3 aromatic carbocycles. The number of benzene rings is 3. The monoisotopic (exact) mass is 691 g/mol. The van der Waals surface area contributed by atoms with Gasteiger partial charge in [-0.05, 0) is 48.5 Å². The van der Waals surface area contributed by atoms with E-state index in [1.807, 2.05) is 17.0 Å². The molecule has 2 aliphatic heterocycles. The summed E-state index contributed by atoms with van der Waals surface area (Å²) in [5, 5.41) is 0.999. The predicted octanol–water partition coefficient (Wildman–Crippen LogP) is 5.52. The predicted molar refractivity (Wildman–Crippen MR) is 183 cm³/mol. The summed E-state index contributed by atoms with van der Waals surface area (Å²) in [6, 6.07) is 22.5. The number of hydrogen-bond acceptors (Lipinski definition) is 9. The van der Waals surface area contributed by atoms with Crippen LogP contribution < -0.4 is 18.7 Å². The molecule has 242 valence electrons. The SMILES string of the molecule is COc1cccc(C2(N3CCN(c4ccncc4)CC3)C(=O)N(S(=O)(=O)c3cccc4cccnc34)c3ccc(Cl)cc32)c1OC.Cl. The average molecular weight is 693 g/mol.